The molecule has 1 aromatic rings. The number of hydrogen-bond acceptors (Lipinski definition) is 4. The van der Waals surface area contributed by atoms with Crippen LogP contribution in [0.25, 0.3) is 0 Å². The first-order chi connectivity index (χ1) is 11.5. The van der Waals surface area contributed by atoms with Gasteiger partial charge in [0.2, 0.25) is 5.91 Å². The molecule has 1 unspecified atom stereocenters. The average molecular weight is 336 g/mol. The van der Waals surface area contributed by atoms with Gasteiger partial charge in [-0.15, -0.1) is 0 Å². The molecule has 1 aliphatic rings. The zero-order chi connectivity index (χ0) is 17.5. The molecule has 0 bridgehead atoms. The Labute approximate surface area is 143 Å². The summed E-state index contributed by atoms with van der Waals surface area (Å²) in [6.45, 7) is 6.58. The lowest BCUT2D eigenvalue weighted by molar-refractivity contribution is -0.121. The van der Waals surface area contributed by atoms with Crippen molar-refractivity contribution in [3.8, 4) is 0 Å². The van der Waals surface area contributed by atoms with Gasteiger partial charge in [-0.1, -0.05) is 0 Å². The van der Waals surface area contributed by atoms with Crippen molar-refractivity contribution in [2.24, 2.45) is 12.0 Å². The molecule has 0 spiro atoms. The van der Waals surface area contributed by atoms with E-state index in [1.54, 1.807) is 11.7 Å². The van der Waals surface area contributed by atoms with E-state index in [-0.39, 0.29) is 18.1 Å². The van der Waals surface area contributed by atoms with E-state index in [9.17, 15) is 4.79 Å². The monoisotopic (exact) mass is 336 g/mol. The molecule has 1 saturated heterocycles. The SMILES string of the molecule is CN=C(NCCC(=O)NC(C)C)N1CCOC(c2cnn(C)c2)C1. The molecule has 2 N–H and O–H groups in total. The van der Waals surface area contributed by atoms with E-state index in [1.165, 1.54) is 0 Å². The van der Waals surface area contributed by atoms with Crippen LogP contribution in [-0.4, -0.2) is 65.9 Å². The Morgan fingerprint density at radius 2 is 2.33 bits per heavy atom. The number of aliphatic imine (C=N–C) groups is 1. The van der Waals surface area contributed by atoms with Gasteiger partial charge in [0.25, 0.3) is 0 Å². The fourth-order valence-electron chi connectivity index (χ4n) is 2.66. The minimum absolute atomic E-state index is 0.0183. The molecular weight excluding hydrogens is 308 g/mol. The lowest BCUT2D eigenvalue weighted by Gasteiger charge is -2.34. The number of rotatable bonds is 5. The first-order valence-electron chi connectivity index (χ1n) is 8.34. The highest BCUT2D eigenvalue weighted by atomic mass is 16.5. The number of aryl methyl sites for hydroxylation is 1. The normalized spacial score (nSPS) is 18.8. The largest absolute Gasteiger partial charge is 0.370 e. The number of nitrogens with one attached hydrogen (secondary N) is 2. The maximum absolute atomic E-state index is 11.7. The van der Waals surface area contributed by atoms with Crippen molar-refractivity contribution in [2.45, 2.75) is 32.4 Å². The molecule has 0 radical (unpaired) electrons. The van der Waals surface area contributed by atoms with Crippen molar-refractivity contribution < 1.29 is 9.53 Å². The number of aromatic nitrogens is 2. The third-order valence-corrected chi connectivity index (χ3v) is 3.76. The van der Waals surface area contributed by atoms with Crippen molar-refractivity contribution in [1.29, 1.82) is 0 Å². The predicted molar refractivity (Wildman–Crippen MR) is 92.7 cm³/mol. The van der Waals surface area contributed by atoms with E-state index >= 15 is 0 Å². The number of ether oxygens (including phenoxy) is 1. The molecule has 1 fully saturated rings. The van der Waals surface area contributed by atoms with Crippen molar-refractivity contribution in [2.75, 3.05) is 33.3 Å². The molecule has 24 heavy (non-hydrogen) atoms. The number of nitrogens with zero attached hydrogens (tertiary/aromatic N) is 4. The van der Waals surface area contributed by atoms with Crippen LogP contribution in [0.2, 0.25) is 0 Å². The molecule has 8 heteroatoms. The standard InChI is InChI=1S/C16H28N6O2/c1-12(2)20-15(23)5-6-18-16(17-3)22-7-8-24-14(11-22)13-9-19-21(4)10-13/h9-10,12,14H,5-8,11H2,1-4H3,(H,17,18)(H,20,23). The Kier molecular flexibility index (Phi) is 6.60. The molecule has 1 amide bonds. The molecule has 1 aromatic heterocycles. The van der Waals surface area contributed by atoms with E-state index in [0.717, 1.165) is 18.1 Å². The summed E-state index contributed by atoms with van der Waals surface area (Å²) in [4.78, 5) is 18.2. The topological polar surface area (TPSA) is 83.8 Å². The molecule has 0 aliphatic carbocycles. The highest BCUT2D eigenvalue weighted by Crippen LogP contribution is 2.21. The number of carbonyl (C=O) groups is 1. The number of guanidine groups is 1. The summed E-state index contributed by atoms with van der Waals surface area (Å²) in [7, 11) is 3.65. The average Bonchev–Trinajstić information content (AvgIpc) is 2.97. The van der Waals surface area contributed by atoms with Crippen LogP contribution < -0.4 is 10.6 Å². The van der Waals surface area contributed by atoms with Gasteiger partial charge in [-0.05, 0) is 13.8 Å². The van der Waals surface area contributed by atoms with Crippen LogP contribution in [-0.2, 0) is 16.6 Å². The Morgan fingerprint density at radius 3 is 2.96 bits per heavy atom. The van der Waals surface area contributed by atoms with E-state index in [4.69, 9.17) is 4.74 Å². The Morgan fingerprint density at radius 1 is 1.54 bits per heavy atom. The van der Waals surface area contributed by atoms with Crippen LogP contribution in [0.15, 0.2) is 17.4 Å². The fourth-order valence-corrected chi connectivity index (χ4v) is 2.66. The molecule has 8 nitrogen and oxygen atoms in total. The van der Waals surface area contributed by atoms with Gasteiger partial charge in [0.1, 0.15) is 6.10 Å². The molecule has 2 rings (SSSR count). The zero-order valence-corrected chi connectivity index (χ0v) is 15.0. The first-order valence-corrected chi connectivity index (χ1v) is 8.34. The molecule has 2 heterocycles. The first kappa shape index (κ1) is 18.3. The number of hydrogen-bond donors (Lipinski definition) is 2. The van der Waals surface area contributed by atoms with E-state index in [2.05, 4.69) is 25.6 Å². The summed E-state index contributed by atoms with van der Waals surface area (Å²) in [5.74, 6) is 0.840. The van der Waals surface area contributed by atoms with Crippen LogP contribution in [0.5, 0.6) is 0 Å². The molecule has 1 atom stereocenters. The second-order valence-corrected chi connectivity index (χ2v) is 6.20. The molecule has 0 saturated carbocycles. The van der Waals surface area contributed by atoms with Gasteiger partial charge in [0.15, 0.2) is 5.96 Å². The lowest BCUT2D eigenvalue weighted by atomic mass is 10.1. The zero-order valence-electron chi connectivity index (χ0n) is 15.0. The summed E-state index contributed by atoms with van der Waals surface area (Å²) in [5.41, 5.74) is 1.06. The predicted octanol–water partition coefficient (Wildman–Crippen LogP) is 0.284. The van der Waals surface area contributed by atoms with E-state index in [0.29, 0.717) is 26.1 Å². The molecular formula is C16H28N6O2. The maximum atomic E-state index is 11.7. The number of amides is 1. The second-order valence-electron chi connectivity index (χ2n) is 6.20. The third kappa shape index (κ3) is 5.23. The quantitative estimate of drug-likeness (QED) is 0.596. The summed E-state index contributed by atoms with van der Waals surface area (Å²) in [5, 5.41) is 10.3. The minimum Gasteiger partial charge on any atom is -0.370 e. The van der Waals surface area contributed by atoms with Crippen LogP contribution in [0.3, 0.4) is 0 Å². The van der Waals surface area contributed by atoms with Crippen LogP contribution in [0.1, 0.15) is 31.9 Å². The molecule has 0 aromatic carbocycles. The Hall–Kier alpha value is -2.09. The highest BCUT2D eigenvalue weighted by molar-refractivity contribution is 5.81. The Balaban J connectivity index is 1.85. The second kappa shape index (κ2) is 8.68. The van der Waals surface area contributed by atoms with Crippen molar-refractivity contribution in [1.82, 2.24) is 25.3 Å². The molecule has 1 aliphatic heterocycles. The van der Waals surface area contributed by atoms with Crippen LogP contribution >= 0.6 is 0 Å². The third-order valence-electron chi connectivity index (χ3n) is 3.76. The van der Waals surface area contributed by atoms with Gasteiger partial charge in [-0.2, -0.15) is 5.10 Å². The van der Waals surface area contributed by atoms with Gasteiger partial charge in [-0.3, -0.25) is 14.5 Å². The van der Waals surface area contributed by atoms with Crippen molar-refractivity contribution in [3.63, 3.8) is 0 Å². The van der Waals surface area contributed by atoms with Crippen molar-refractivity contribution >= 4 is 11.9 Å². The smallest absolute Gasteiger partial charge is 0.221 e. The lowest BCUT2D eigenvalue weighted by Crippen LogP contribution is -2.48. The minimum atomic E-state index is -0.0183. The fraction of sp³-hybridized carbons (Fsp3) is 0.688. The summed E-state index contributed by atoms with van der Waals surface area (Å²) in [6.07, 6.45) is 4.21. The van der Waals surface area contributed by atoms with Gasteiger partial charge < -0.3 is 20.3 Å². The van der Waals surface area contributed by atoms with Gasteiger partial charge in [0, 0.05) is 51.4 Å². The Bertz CT molecular complexity index is 569. The number of carbonyl (C=O) groups excluding carboxylic acids is 1. The summed E-state index contributed by atoms with van der Waals surface area (Å²) < 4.78 is 7.62. The molecule has 134 valence electrons. The van der Waals surface area contributed by atoms with Crippen LogP contribution in [0, 0.1) is 0 Å². The van der Waals surface area contributed by atoms with Gasteiger partial charge >= 0.3 is 0 Å². The summed E-state index contributed by atoms with van der Waals surface area (Å²) in [6, 6.07) is 0.163. The van der Waals surface area contributed by atoms with Gasteiger partial charge in [-0.25, -0.2) is 0 Å². The van der Waals surface area contributed by atoms with E-state index in [1.807, 2.05) is 33.3 Å². The maximum Gasteiger partial charge on any atom is 0.221 e. The van der Waals surface area contributed by atoms with Crippen LogP contribution in [0.4, 0.5) is 0 Å². The van der Waals surface area contributed by atoms with E-state index < -0.39 is 0 Å². The van der Waals surface area contributed by atoms with Crippen molar-refractivity contribution in [3.05, 3.63) is 18.0 Å². The highest BCUT2D eigenvalue weighted by Gasteiger charge is 2.25. The summed E-state index contributed by atoms with van der Waals surface area (Å²) >= 11 is 0. The number of morpholine rings is 1. The van der Waals surface area contributed by atoms with Gasteiger partial charge in [0.05, 0.1) is 19.3 Å².